The molecule has 5 nitrogen and oxygen atoms in total. The van der Waals surface area contributed by atoms with Crippen molar-refractivity contribution in [3.63, 3.8) is 0 Å². The number of carbonyl (C=O) groups excluding carboxylic acids is 1. The van der Waals surface area contributed by atoms with Crippen LogP contribution in [-0.4, -0.2) is 46.6 Å². The molecule has 30 heavy (non-hydrogen) atoms. The number of aryl methyl sites for hydroxylation is 1. The molecule has 1 saturated carbocycles. The van der Waals surface area contributed by atoms with E-state index in [1.54, 1.807) is 4.90 Å². The number of quaternary nitrogens is 1. The number of hydrogen-bond acceptors (Lipinski definition) is 2. The number of carboxylic acids is 1. The van der Waals surface area contributed by atoms with Crippen molar-refractivity contribution in [1.29, 1.82) is 0 Å². The average molecular weight is 432 g/mol. The highest BCUT2D eigenvalue weighted by Crippen LogP contribution is 2.59. The van der Waals surface area contributed by atoms with Gasteiger partial charge in [-0.1, -0.05) is 56.8 Å². The predicted octanol–water partition coefficient (Wildman–Crippen LogP) is 5.18. The second kappa shape index (κ2) is 7.69. The van der Waals surface area contributed by atoms with Crippen molar-refractivity contribution < 1.29 is 19.2 Å². The number of hydrogen-bond donors (Lipinski definition) is 1. The Morgan fingerprint density at radius 2 is 2.10 bits per heavy atom. The molecule has 1 saturated heterocycles. The fraction of sp³-hybridized carbons (Fsp3) is 0.583. The number of aliphatic carboxylic acids is 1. The number of rotatable bonds is 8. The topological polar surface area (TPSA) is 57.6 Å². The van der Waals surface area contributed by atoms with Crippen LogP contribution in [-0.2, 0) is 16.8 Å². The van der Waals surface area contributed by atoms with E-state index in [-0.39, 0.29) is 34.9 Å². The fourth-order valence-electron chi connectivity index (χ4n) is 5.34. The number of benzene rings is 1. The van der Waals surface area contributed by atoms with Gasteiger partial charge in [0.1, 0.15) is 0 Å². The Morgan fingerprint density at radius 3 is 2.67 bits per heavy atom. The van der Waals surface area contributed by atoms with Gasteiger partial charge < -0.3 is 5.11 Å². The van der Waals surface area contributed by atoms with Crippen LogP contribution in [0, 0.1) is 11.8 Å². The largest absolute Gasteiger partial charge is 0.481 e. The molecule has 1 aromatic rings. The maximum Gasteiger partial charge on any atom is 0.424 e. The zero-order chi connectivity index (χ0) is 21.7. The Morgan fingerprint density at radius 1 is 1.37 bits per heavy atom. The van der Waals surface area contributed by atoms with Crippen LogP contribution in [0.5, 0.6) is 0 Å². The number of amides is 2. The number of likely N-dealkylation sites (N-methyl/N-ethyl adjacent to an activating group) is 1. The van der Waals surface area contributed by atoms with E-state index in [1.165, 1.54) is 36.8 Å². The quantitative estimate of drug-likeness (QED) is 0.455. The van der Waals surface area contributed by atoms with Crippen molar-refractivity contribution in [2.24, 2.45) is 11.8 Å². The molecule has 0 spiro atoms. The van der Waals surface area contributed by atoms with Crippen LogP contribution < -0.4 is 0 Å². The van der Waals surface area contributed by atoms with Gasteiger partial charge in [0.15, 0.2) is 6.54 Å². The second-order valence-electron chi connectivity index (χ2n) is 9.71. The zero-order valence-electron chi connectivity index (χ0n) is 18.2. The van der Waals surface area contributed by atoms with Gasteiger partial charge in [-0.05, 0) is 36.3 Å². The molecular weight excluding hydrogens is 400 g/mol. The maximum atomic E-state index is 13.2. The highest BCUT2D eigenvalue weighted by Gasteiger charge is 2.77. The first kappa shape index (κ1) is 21.4. The molecule has 162 valence electrons. The summed E-state index contributed by atoms with van der Waals surface area (Å²) in [5.74, 6) is 0.199. The average Bonchev–Trinajstić information content (AvgIpc) is 3.29. The van der Waals surface area contributed by atoms with Crippen LogP contribution >= 0.6 is 11.6 Å². The Balaban J connectivity index is 1.64. The molecular formula is C24H32ClN2O3+. The van der Waals surface area contributed by atoms with Crippen molar-refractivity contribution >= 4 is 23.6 Å². The Kier molecular flexibility index (Phi) is 5.48. The Bertz CT molecular complexity index is 908. The van der Waals surface area contributed by atoms with E-state index >= 15 is 0 Å². The SMILES string of the molecule is CC(C)C1=CN(CCC(=O)O)C(=O)[N+]2(C)C[C@@]12c1ccc(CCC2CCC2)c(Cl)c1. The third-order valence-electron chi connectivity index (χ3n) is 7.49. The summed E-state index contributed by atoms with van der Waals surface area (Å²) in [6.45, 7) is 5.17. The lowest BCUT2D eigenvalue weighted by Crippen LogP contribution is -2.50. The van der Waals surface area contributed by atoms with Crippen molar-refractivity contribution in [1.82, 2.24) is 4.90 Å². The van der Waals surface area contributed by atoms with Crippen LogP contribution in [0.1, 0.15) is 57.1 Å². The summed E-state index contributed by atoms with van der Waals surface area (Å²) in [4.78, 5) is 25.9. The Labute approximate surface area is 183 Å². The summed E-state index contributed by atoms with van der Waals surface area (Å²) in [6.07, 6.45) is 8.11. The van der Waals surface area contributed by atoms with Gasteiger partial charge in [0.2, 0.25) is 5.54 Å². The molecule has 3 aliphatic rings. The zero-order valence-corrected chi connectivity index (χ0v) is 18.9. The molecule has 2 heterocycles. The molecule has 2 amide bonds. The number of fused-ring (bicyclic) bond motifs is 1. The summed E-state index contributed by atoms with van der Waals surface area (Å²) in [7, 11) is 1.96. The summed E-state index contributed by atoms with van der Waals surface area (Å²) in [6, 6.07) is 6.33. The van der Waals surface area contributed by atoms with E-state index in [9.17, 15) is 9.59 Å². The third-order valence-corrected chi connectivity index (χ3v) is 7.84. The first-order valence-electron chi connectivity index (χ1n) is 11.1. The lowest BCUT2D eigenvalue weighted by Gasteiger charge is -2.34. The normalized spacial score (nSPS) is 28.2. The molecule has 2 aliphatic heterocycles. The third kappa shape index (κ3) is 3.36. The number of halogens is 1. The number of nitrogens with zero attached hydrogens (tertiary/aromatic N) is 2. The van der Waals surface area contributed by atoms with Crippen molar-refractivity contribution in [2.75, 3.05) is 20.1 Å². The molecule has 1 aliphatic carbocycles. The van der Waals surface area contributed by atoms with E-state index in [2.05, 4.69) is 32.0 Å². The van der Waals surface area contributed by atoms with Gasteiger partial charge in [0.25, 0.3) is 0 Å². The minimum Gasteiger partial charge on any atom is -0.481 e. The monoisotopic (exact) mass is 431 g/mol. The molecule has 1 aromatic carbocycles. The lowest BCUT2D eigenvalue weighted by atomic mass is 9.80. The minimum atomic E-state index is -0.892. The fourth-order valence-corrected chi connectivity index (χ4v) is 5.61. The standard InChI is InChI=1S/C24H31ClN2O3/c1-16(2)20-14-26(12-11-22(28)29)23(30)27(3)15-24(20,27)19-10-9-18(21(25)13-19)8-7-17-5-4-6-17/h9-10,13-14,16-17H,4-8,11-12,15H2,1-3H3/p+1/t24-,27?/m1/s1. The summed E-state index contributed by atoms with van der Waals surface area (Å²) < 4.78 is 0.258. The minimum absolute atomic E-state index is 0.0363. The van der Waals surface area contributed by atoms with Crippen LogP contribution in [0.3, 0.4) is 0 Å². The number of carbonyl (C=O) groups is 2. The molecule has 2 fully saturated rings. The van der Waals surface area contributed by atoms with Gasteiger partial charge >= 0.3 is 12.0 Å². The molecule has 0 radical (unpaired) electrons. The molecule has 1 unspecified atom stereocenters. The van der Waals surface area contributed by atoms with Gasteiger partial charge in [-0.3, -0.25) is 9.69 Å². The highest BCUT2D eigenvalue weighted by atomic mass is 35.5. The smallest absolute Gasteiger partial charge is 0.424 e. The van der Waals surface area contributed by atoms with E-state index in [0.29, 0.717) is 6.54 Å². The van der Waals surface area contributed by atoms with Crippen molar-refractivity contribution in [3.8, 4) is 0 Å². The molecule has 0 aromatic heterocycles. The second-order valence-corrected chi connectivity index (χ2v) is 10.1. The maximum absolute atomic E-state index is 13.2. The van der Waals surface area contributed by atoms with E-state index < -0.39 is 5.97 Å². The van der Waals surface area contributed by atoms with Gasteiger partial charge in [0, 0.05) is 28.9 Å². The van der Waals surface area contributed by atoms with Crippen LogP contribution in [0.25, 0.3) is 0 Å². The van der Waals surface area contributed by atoms with Crippen LogP contribution in [0.4, 0.5) is 4.79 Å². The summed E-state index contributed by atoms with van der Waals surface area (Å²) >= 11 is 6.71. The molecule has 0 bridgehead atoms. The first-order chi connectivity index (χ1) is 14.2. The van der Waals surface area contributed by atoms with Gasteiger partial charge in [-0.2, -0.15) is 0 Å². The van der Waals surface area contributed by atoms with E-state index in [4.69, 9.17) is 16.7 Å². The molecule has 1 N–H and O–H groups in total. The van der Waals surface area contributed by atoms with E-state index in [1.807, 2.05) is 13.2 Å². The van der Waals surface area contributed by atoms with Gasteiger partial charge in [-0.25, -0.2) is 9.28 Å². The highest BCUT2D eigenvalue weighted by molar-refractivity contribution is 6.31. The summed E-state index contributed by atoms with van der Waals surface area (Å²) in [5.41, 5.74) is 3.07. The lowest BCUT2D eigenvalue weighted by molar-refractivity contribution is -0.729. The number of carboxylic acid groups (broad SMARTS) is 1. The van der Waals surface area contributed by atoms with Crippen LogP contribution in [0.15, 0.2) is 30.0 Å². The van der Waals surface area contributed by atoms with Gasteiger partial charge in [-0.15, -0.1) is 0 Å². The Hall–Kier alpha value is -1.85. The van der Waals surface area contributed by atoms with Crippen molar-refractivity contribution in [3.05, 3.63) is 46.1 Å². The summed E-state index contributed by atoms with van der Waals surface area (Å²) in [5, 5.41) is 9.85. The predicted molar refractivity (Wildman–Crippen MR) is 117 cm³/mol. The van der Waals surface area contributed by atoms with Gasteiger partial charge in [0.05, 0.1) is 13.5 Å². The molecule has 6 heteroatoms. The van der Waals surface area contributed by atoms with Crippen LogP contribution in [0.2, 0.25) is 5.02 Å². The van der Waals surface area contributed by atoms with E-state index in [0.717, 1.165) is 22.9 Å². The molecule has 4 rings (SSSR count). The first-order valence-corrected chi connectivity index (χ1v) is 11.5. The molecule has 2 atom stereocenters. The number of urea groups is 1. The van der Waals surface area contributed by atoms with Crippen molar-refractivity contribution in [2.45, 2.75) is 57.9 Å².